The van der Waals surface area contributed by atoms with Crippen LogP contribution in [0.5, 0.6) is 5.75 Å². The van der Waals surface area contributed by atoms with Crippen molar-refractivity contribution < 1.29 is 19.4 Å². The maximum absolute atomic E-state index is 12.3. The third-order valence-corrected chi connectivity index (χ3v) is 4.04. The summed E-state index contributed by atoms with van der Waals surface area (Å²) in [5.74, 6) is -0.249. The SMILES string of the molecule is CCC1(CC(=O)O)C(=O)CCc2ccc(OC)cc21. The van der Waals surface area contributed by atoms with Crippen LogP contribution in [0.4, 0.5) is 0 Å². The third-order valence-electron chi connectivity index (χ3n) is 4.04. The van der Waals surface area contributed by atoms with E-state index >= 15 is 0 Å². The van der Waals surface area contributed by atoms with Gasteiger partial charge in [0.05, 0.1) is 18.9 Å². The second kappa shape index (κ2) is 5.03. The Bertz CT molecular complexity index is 521. The molecule has 0 spiro atoms. The molecule has 1 atom stereocenters. The van der Waals surface area contributed by atoms with E-state index in [-0.39, 0.29) is 12.2 Å². The fraction of sp³-hybridized carbons (Fsp3) is 0.467. The van der Waals surface area contributed by atoms with Crippen LogP contribution in [0.1, 0.15) is 37.3 Å². The van der Waals surface area contributed by atoms with E-state index in [0.717, 1.165) is 11.1 Å². The zero-order chi connectivity index (χ0) is 14.0. The molecule has 0 aromatic heterocycles. The average Bonchev–Trinajstić information content (AvgIpc) is 2.41. The Morgan fingerprint density at radius 3 is 2.74 bits per heavy atom. The van der Waals surface area contributed by atoms with Crippen molar-refractivity contribution in [2.75, 3.05) is 7.11 Å². The van der Waals surface area contributed by atoms with E-state index < -0.39 is 11.4 Å². The van der Waals surface area contributed by atoms with Gasteiger partial charge in [-0.1, -0.05) is 13.0 Å². The van der Waals surface area contributed by atoms with Gasteiger partial charge >= 0.3 is 5.97 Å². The molecular formula is C15H18O4. The van der Waals surface area contributed by atoms with Crippen LogP contribution in [-0.4, -0.2) is 24.0 Å². The molecule has 1 aromatic carbocycles. The van der Waals surface area contributed by atoms with Crippen LogP contribution in [0.15, 0.2) is 18.2 Å². The van der Waals surface area contributed by atoms with Gasteiger partial charge in [-0.25, -0.2) is 0 Å². The molecule has 1 aliphatic rings. The summed E-state index contributed by atoms with van der Waals surface area (Å²) in [4.78, 5) is 23.5. The highest BCUT2D eigenvalue weighted by molar-refractivity contribution is 5.95. The Morgan fingerprint density at radius 1 is 1.42 bits per heavy atom. The minimum Gasteiger partial charge on any atom is -0.497 e. The van der Waals surface area contributed by atoms with Gasteiger partial charge in [-0.2, -0.15) is 0 Å². The molecule has 0 saturated carbocycles. The molecule has 0 radical (unpaired) electrons. The van der Waals surface area contributed by atoms with E-state index in [1.807, 2.05) is 25.1 Å². The Hall–Kier alpha value is -1.84. The maximum Gasteiger partial charge on any atom is 0.304 e. The van der Waals surface area contributed by atoms with Gasteiger partial charge in [0.1, 0.15) is 11.5 Å². The molecule has 0 heterocycles. The van der Waals surface area contributed by atoms with Crippen LogP contribution in [0, 0.1) is 0 Å². The number of ether oxygens (including phenoxy) is 1. The molecule has 102 valence electrons. The molecule has 1 unspecified atom stereocenters. The monoisotopic (exact) mass is 262 g/mol. The van der Waals surface area contributed by atoms with Crippen LogP contribution in [0.3, 0.4) is 0 Å². The molecule has 1 aromatic rings. The van der Waals surface area contributed by atoms with Crippen molar-refractivity contribution >= 4 is 11.8 Å². The highest BCUT2D eigenvalue weighted by Crippen LogP contribution is 2.41. The van der Waals surface area contributed by atoms with Crippen molar-refractivity contribution in [3.8, 4) is 5.75 Å². The van der Waals surface area contributed by atoms with Crippen LogP contribution in [-0.2, 0) is 21.4 Å². The van der Waals surface area contributed by atoms with Gasteiger partial charge in [0.25, 0.3) is 0 Å². The van der Waals surface area contributed by atoms with Gasteiger partial charge in [-0.15, -0.1) is 0 Å². The number of ketones is 1. The predicted octanol–water partition coefficient (Wildman–Crippen LogP) is 2.33. The zero-order valence-corrected chi connectivity index (χ0v) is 11.2. The summed E-state index contributed by atoms with van der Waals surface area (Å²) < 4.78 is 5.20. The van der Waals surface area contributed by atoms with E-state index in [1.54, 1.807) is 7.11 Å². The molecule has 1 N–H and O–H groups in total. The zero-order valence-electron chi connectivity index (χ0n) is 11.2. The number of carbonyl (C=O) groups excluding carboxylic acids is 1. The summed E-state index contributed by atoms with van der Waals surface area (Å²) in [6, 6.07) is 5.61. The van der Waals surface area contributed by atoms with E-state index in [2.05, 4.69) is 0 Å². The summed E-state index contributed by atoms with van der Waals surface area (Å²) in [6.07, 6.45) is 1.45. The lowest BCUT2D eigenvalue weighted by atomic mass is 9.65. The number of hydrogen-bond donors (Lipinski definition) is 1. The number of methoxy groups -OCH3 is 1. The normalized spacial score (nSPS) is 21.9. The second-order valence-electron chi connectivity index (χ2n) is 4.95. The Kier molecular flexibility index (Phi) is 3.60. The van der Waals surface area contributed by atoms with Gasteiger partial charge in [-0.3, -0.25) is 9.59 Å². The first-order valence-electron chi connectivity index (χ1n) is 6.46. The van der Waals surface area contributed by atoms with Crippen LogP contribution in [0.25, 0.3) is 0 Å². The molecule has 0 bridgehead atoms. The van der Waals surface area contributed by atoms with E-state index in [0.29, 0.717) is 25.0 Å². The molecule has 0 amide bonds. The lowest BCUT2D eigenvalue weighted by molar-refractivity contribution is -0.142. The van der Waals surface area contributed by atoms with Gasteiger partial charge in [0, 0.05) is 6.42 Å². The first-order chi connectivity index (χ1) is 9.03. The second-order valence-corrected chi connectivity index (χ2v) is 4.95. The number of Topliss-reactive ketones (excluding diaryl/α,β-unsaturated/α-hetero) is 1. The average molecular weight is 262 g/mol. The standard InChI is InChI=1S/C15H18O4/c1-3-15(9-14(17)18)12-8-11(19-2)6-4-10(12)5-7-13(15)16/h4,6,8H,3,5,7,9H2,1-2H3,(H,17,18). The summed E-state index contributed by atoms with van der Waals surface area (Å²) in [5, 5.41) is 9.15. The summed E-state index contributed by atoms with van der Waals surface area (Å²) in [5.41, 5.74) is 0.991. The molecular weight excluding hydrogens is 244 g/mol. The number of carbonyl (C=O) groups is 2. The molecule has 2 rings (SSSR count). The number of benzene rings is 1. The number of carboxylic acid groups (broad SMARTS) is 1. The fourth-order valence-corrected chi connectivity index (χ4v) is 2.95. The Morgan fingerprint density at radius 2 is 2.16 bits per heavy atom. The van der Waals surface area contributed by atoms with Crippen molar-refractivity contribution in [2.45, 2.75) is 38.0 Å². The Labute approximate surface area is 112 Å². The topological polar surface area (TPSA) is 63.6 Å². The number of fused-ring (bicyclic) bond motifs is 1. The first-order valence-corrected chi connectivity index (χ1v) is 6.46. The molecule has 19 heavy (non-hydrogen) atoms. The van der Waals surface area contributed by atoms with Crippen molar-refractivity contribution in [1.82, 2.24) is 0 Å². The highest BCUT2D eigenvalue weighted by Gasteiger charge is 2.44. The minimum atomic E-state index is -0.939. The fourth-order valence-electron chi connectivity index (χ4n) is 2.95. The lowest BCUT2D eigenvalue weighted by Gasteiger charge is -2.36. The third kappa shape index (κ3) is 2.23. The van der Waals surface area contributed by atoms with E-state index in [1.165, 1.54) is 0 Å². The van der Waals surface area contributed by atoms with Crippen LogP contribution < -0.4 is 4.74 Å². The molecule has 0 aliphatic heterocycles. The Balaban J connectivity index is 2.60. The van der Waals surface area contributed by atoms with Gasteiger partial charge in [0.2, 0.25) is 0 Å². The van der Waals surface area contributed by atoms with Gasteiger partial charge in [-0.05, 0) is 36.1 Å². The number of carboxylic acids is 1. The lowest BCUT2D eigenvalue weighted by Crippen LogP contribution is -2.41. The maximum atomic E-state index is 12.3. The molecule has 1 aliphatic carbocycles. The number of rotatable bonds is 4. The van der Waals surface area contributed by atoms with E-state index in [4.69, 9.17) is 9.84 Å². The van der Waals surface area contributed by atoms with Gasteiger partial charge < -0.3 is 9.84 Å². The predicted molar refractivity (Wildman–Crippen MR) is 70.5 cm³/mol. The van der Waals surface area contributed by atoms with Crippen molar-refractivity contribution in [1.29, 1.82) is 0 Å². The molecule has 0 saturated heterocycles. The minimum absolute atomic E-state index is 0.0261. The molecule has 4 heteroatoms. The quantitative estimate of drug-likeness (QED) is 0.904. The van der Waals surface area contributed by atoms with Crippen LogP contribution >= 0.6 is 0 Å². The largest absolute Gasteiger partial charge is 0.497 e. The van der Waals surface area contributed by atoms with E-state index in [9.17, 15) is 9.59 Å². The van der Waals surface area contributed by atoms with Crippen molar-refractivity contribution in [3.05, 3.63) is 29.3 Å². The molecule has 0 fully saturated rings. The summed E-state index contributed by atoms with van der Waals surface area (Å²) in [7, 11) is 1.57. The summed E-state index contributed by atoms with van der Waals surface area (Å²) >= 11 is 0. The van der Waals surface area contributed by atoms with Crippen molar-refractivity contribution in [2.24, 2.45) is 0 Å². The summed E-state index contributed by atoms with van der Waals surface area (Å²) in [6.45, 7) is 1.87. The number of aliphatic carboxylic acids is 1. The first kappa shape index (κ1) is 13.6. The smallest absolute Gasteiger partial charge is 0.304 e. The number of aryl methyl sites for hydroxylation is 1. The molecule has 4 nitrogen and oxygen atoms in total. The van der Waals surface area contributed by atoms with Gasteiger partial charge in [0.15, 0.2) is 0 Å². The highest BCUT2D eigenvalue weighted by atomic mass is 16.5. The number of hydrogen-bond acceptors (Lipinski definition) is 3. The van der Waals surface area contributed by atoms with Crippen molar-refractivity contribution in [3.63, 3.8) is 0 Å². The van der Waals surface area contributed by atoms with Crippen LogP contribution in [0.2, 0.25) is 0 Å².